The molecule has 6 nitrogen and oxygen atoms in total. The van der Waals surface area contributed by atoms with Gasteiger partial charge in [0.2, 0.25) is 0 Å². The van der Waals surface area contributed by atoms with Gasteiger partial charge in [-0.25, -0.2) is 4.39 Å². The van der Waals surface area contributed by atoms with Crippen LogP contribution in [0.2, 0.25) is 0 Å². The first-order valence-corrected chi connectivity index (χ1v) is 11.8. The number of nitrogens with zero attached hydrogens (tertiary/aromatic N) is 2. The van der Waals surface area contributed by atoms with Crippen LogP contribution in [0.25, 0.3) is 0 Å². The fourth-order valence-corrected chi connectivity index (χ4v) is 4.17. The zero-order chi connectivity index (χ0) is 23.0. The molecule has 0 spiro atoms. The molecular weight excluding hydrogens is 423 g/mol. The Kier molecular flexibility index (Phi) is 8.45. The van der Waals surface area contributed by atoms with E-state index in [0.717, 1.165) is 24.9 Å². The number of halogens is 1. The Morgan fingerprint density at radius 1 is 1.15 bits per heavy atom. The molecule has 1 aliphatic heterocycles. The average molecular weight is 457 g/mol. The van der Waals surface area contributed by atoms with Crippen molar-refractivity contribution in [3.63, 3.8) is 0 Å². The van der Waals surface area contributed by atoms with Gasteiger partial charge in [-0.15, -0.1) is 0 Å². The molecule has 2 aromatic rings. The number of aliphatic hydroxyl groups excluding tert-OH is 1. The van der Waals surface area contributed by atoms with E-state index < -0.39 is 6.10 Å². The zero-order valence-electron chi connectivity index (χ0n) is 18.9. The monoisotopic (exact) mass is 456 g/mol. The fraction of sp³-hybridized carbons (Fsp3) is 0.500. The number of morpholine rings is 1. The van der Waals surface area contributed by atoms with Crippen LogP contribution in [0.5, 0.6) is 0 Å². The van der Waals surface area contributed by atoms with Gasteiger partial charge >= 0.3 is 0 Å². The van der Waals surface area contributed by atoms with Gasteiger partial charge in [0.05, 0.1) is 32.0 Å². The summed E-state index contributed by atoms with van der Waals surface area (Å²) in [6.07, 6.45) is 1.57. The highest BCUT2D eigenvalue weighted by atomic mass is 19.1. The maximum Gasteiger partial charge on any atom is 0.253 e. The molecule has 4 rings (SSSR count). The summed E-state index contributed by atoms with van der Waals surface area (Å²) in [5.41, 5.74) is 1.58. The van der Waals surface area contributed by atoms with E-state index >= 15 is 0 Å². The Hall–Kier alpha value is -2.32. The van der Waals surface area contributed by atoms with Crippen molar-refractivity contribution < 1.29 is 23.8 Å². The number of hydrogen-bond donors (Lipinski definition) is 1. The molecule has 1 N–H and O–H groups in total. The summed E-state index contributed by atoms with van der Waals surface area (Å²) < 4.78 is 24.9. The lowest BCUT2D eigenvalue weighted by Crippen LogP contribution is -2.51. The molecule has 2 fully saturated rings. The van der Waals surface area contributed by atoms with E-state index in [1.54, 1.807) is 0 Å². The number of hydrogen-bond acceptors (Lipinski definition) is 5. The van der Waals surface area contributed by atoms with Crippen molar-refractivity contribution in [1.82, 2.24) is 9.80 Å². The molecule has 33 heavy (non-hydrogen) atoms. The molecule has 1 saturated heterocycles. The van der Waals surface area contributed by atoms with Gasteiger partial charge in [0.25, 0.3) is 5.91 Å². The molecule has 1 saturated carbocycles. The summed E-state index contributed by atoms with van der Waals surface area (Å²) in [6, 6.07) is 15.6. The Morgan fingerprint density at radius 2 is 1.91 bits per heavy atom. The number of carbonyl (C=O) groups is 1. The summed E-state index contributed by atoms with van der Waals surface area (Å²) in [7, 11) is 0. The molecule has 1 aliphatic carbocycles. The molecule has 2 aliphatic rings. The van der Waals surface area contributed by atoms with Gasteiger partial charge in [0.15, 0.2) is 0 Å². The van der Waals surface area contributed by atoms with E-state index in [4.69, 9.17) is 9.47 Å². The van der Waals surface area contributed by atoms with Gasteiger partial charge < -0.3 is 19.5 Å². The van der Waals surface area contributed by atoms with Gasteiger partial charge in [-0.2, -0.15) is 0 Å². The predicted molar refractivity (Wildman–Crippen MR) is 123 cm³/mol. The summed E-state index contributed by atoms with van der Waals surface area (Å²) in [4.78, 5) is 17.1. The number of rotatable bonds is 11. The largest absolute Gasteiger partial charge is 0.389 e. The molecule has 1 heterocycles. The van der Waals surface area contributed by atoms with E-state index in [-0.39, 0.29) is 24.4 Å². The Bertz CT molecular complexity index is 876. The van der Waals surface area contributed by atoms with Crippen LogP contribution in [-0.4, -0.2) is 79.0 Å². The standard InChI is InChI=1S/C26H33FN2O4/c27-23-10-8-22(9-11-23)26(31)29(14-20-6-7-20)17-25-16-28(12-13-33-25)15-24(30)19-32-18-21-4-2-1-3-5-21/h1-5,8-11,20,24-25,30H,6-7,12-19H2/t24-,25+/m0/s1. The van der Waals surface area contributed by atoms with Crippen LogP contribution in [0.1, 0.15) is 28.8 Å². The van der Waals surface area contributed by atoms with Crippen LogP contribution >= 0.6 is 0 Å². The molecule has 7 heteroatoms. The average Bonchev–Trinajstić information content (AvgIpc) is 3.64. The fourth-order valence-electron chi connectivity index (χ4n) is 4.17. The summed E-state index contributed by atoms with van der Waals surface area (Å²) >= 11 is 0. The summed E-state index contributed by atoms with van der Waals surface area (Å²) in [5, 5.41) is 10.4. The number of carbonyl (C=O) groups excluding carboxylic acids is 1. The second kappa shape index (κ2) is 11.7. The van der Waals surface area contributed by atoms with E-state index in [9.17, 15) is 14.3 Å². The second-order valence-electron chi connectivity index (χ2n) is 9.07. The Balaban J connectivity index is 1.26. The van der Waals surface area contributed by atoms with E-state index in [2.05, 4.69) is 4.90 Å². The lowest BCUT2D eigenvalue weighted by molar-refractivity contribution is -0.0599. The third kappa shape index (κ3) is 7.61. The van der Waals surface area contributed by atoms with Crippen molar-refractivity contribution in [3.8, 4) is 0 Å². The molecule has 1 amide bonds. The van der Waals surface area contributed by atoms with Gasteiger partial charge in [-0.05, 0) is 48.6 Å². The molecule has 0 radical (unpaired) electrons. The number of amides is 1. The molecule has 0 bridgehead atoms. The summed E-state index contributed by atoms with van der Waals surface area (Å²) in [6.45, 7) is 4.39. The van der Waals surface area contributed by atoms with Crippen molar-refractivity contribution in [2.45, 2.75) is 31.7 Å². The third-order valence-electron chi connectivity index (χ3n) is 6.09. The van der Waals surface area contributed by atoms with E-state index in [1.165, 1.54) is 24.3 Å². The number of aliphatic hydroxyl groups is 1. The normalized spacial score (nSPS) is 19.9. The van der Waals surface area contributed by atoms with Gasteiger partial charge in [0.1, 0.15) is 5.82 Å². The van der Waals surface area contributed by atoms with Gasteiger partial charge in [-0.1, -0.05) is 30.3 Å². The van der Waals surface area contributed by atoms with Crippen molar-refractivity contribution >= 4 is 5.91 Å². The summed E-state index contributed by atoms with van der Waals surface area (Å²) in [5.74, 6) is 0.104. The van der Waals surface area contributed by atoms with Crippen molar-refractivity contribution in [3.05, 3.63) is 71.5 Å². The molecule has 0 aromatic heterocycles. The molecule has 0 unspecified atom stereocenters. The number of β-amino-alcohol motifs (C(OH)–C–C–N with tert-alkyl or cyclic N) is 1. The molecular formula is C26H33FN2O4. The molecule has 178 valence electrons. The lowest BCUT2D eigenvalue weighted by atomic mass is 10.1. The quantitative estimate of drug-likeness (QED) is 0.563. The highest BCUT2D eigenvalue weighted by Gasteiger charge is 2.31. The van der Waals surface area contributed by atoms with Crippen LogP contribution in [-0.2, 0) is 16.1 Å². The van der Waals surface area contributed by atoms with Crippen LogP contribution in [0.3, 0.4) is 0 Å². The third-order valence-corrected chi connectivity index (χ3v) is 6.09. The van der Waals surface area contributed by atoms with Gasteiger partial charge in [0, 0.05) is 38.3 Å². The first-order valence-electron chi connectivity index (χ1n) is 11.8. The molecule has 2 atom stereocenters. The van der Waals surface area contributed by atoms with Crippen LogP contribution in [0, 0.1) is 11.7 Å². The first-order chi connectivity index (χ1) is 16.1. The molecule has 2 aromatic carbocycles. The van der Waals surface area contributed by atoms with Crippen molar-refractivity contribution in [2.75, 3.05) is 45.9 Å². The zero-order valence-corrected chi connectivity index (χ0v) is 18.9. The highest BCUT2D eigenvalue weighted by Crippen LogP contribution is 2.30. The smallest absolute Gasteiger partial charge is 0.253 e. The number of ether oxygens (including phenoxy) is 2. The second-order valence-corrected chi connectivity index (χ2v) is 9.07. The van der Waals surface area contributed by atoms with E-state index in [0.29, 0.717) is 50.9 Å². The van der Waals surface area contributed by atoms with Crippen LogP contribution < -0.4 is 0 Å². The van der Waals surface area contributed by atoms with Crippen molar-refractivity contribution in [1.29, 1.82) is 0 Å². The van der Waals surface area contributed by atoms with Gasteiger partial charge in [-0.3, -0.25) is 9.69 Å². The number of benzene rings is 2. The lowest BCUT2D eigenvalue weighted by Gasteiger charge is -2.36. The Morgan fingerprint density at radius 3 is 2.64 bits per heavy atom. The maximum atomic E-state index is 13.3. The van der Waals surface area contributed by atoms with Crippen LogP contribution in [0.15, 0.2) is 54.6 Å². The first kappa shape index (κ1) is 23.8. The minimum atomic E-state index is -0.587. The topological polar surface area (TPSA) is 62.2 Å². The SMILES string of the molecule is O=C(c1ccc(F)cc1)N(CC1CC1)C[C@H]1CN(C[C@H](O)COCc2ccccc2)CCO1. The minimum Gasteiger partial charge on any atom is -0.389 e. The maximum absolute atomic E-state index is 13.3. The van der Waals surface area contributed by atoms with E-state index in [1.807, 2.05) is 35.2 Å². The highest BCUT2D eigenvalue weighted by molar-refractivity contribution is 5.94. The minimum absolute atomic E-state index is 0.0861. The predicted octanol–water partition coefficient (Wildman–Crippen LogP) is 2.96. The Labute approximate surface area is 194 Å². The van der Waals surface area contributed by atoms with Crippen molar-refractivity contribution in [2.24, 2.45) is 5.92 Å². The van der Waals surface area contributed by atoms with Crippen LogP contribution in [0.4, 0.5) is 4.39 Å².